The average Bonchev–Trinajstić information content (AvgIpc) is 2.44. The van der Waals surface area contributed by atoms with Gasteiger partial charge < -0.3 is 9.47 Å². The molecule has 0 N–H and O–H groups in total. The average molecular weight is 268 g/mol. The first kappa shape index (κ1) is 15.0. The smallest absolute Gasteiger partial charge is 0.136 e. The zero-order valence-electron chi connectivity index (χ0n) is 12.3. The molecule has 0 aliphatic carbocycles. The molecule has 0 amide bonds. The number of Topliss-reactive ketones (excluding diaryl/α,β-unsaturated/α-hetero) is 1. The largest absolute Gasteiger partial charge is 0.381 e. The first-order valence-electron chi connectivity index (χ1n) is 8.00. The fourth-order valence-electron chi connectivity index (χ4n) is 3.32. The van der Waals surface area contributed by atoms with Crippen LogP contribution in [0.4, 0.5) is 0 Å². The Bertz CT molecular complexity index is 276. The fraction of sp³-hybridized carbons (Fsp3) is 0.938. The SMILES string of the molecule is CCCCCCC(=O)C1CCOC2(CCOCC2)C1. The quantitative estimate of drug-likeness (QED) is 0.692. The summed E-state index contributed by atoms with van der Waals surface area (Å²) in [4.78, 5) is 12.3. The molecule has 0 aromatic heterocycles. The summed E-state index contributed by atoms with van der Waals surface area (Å²) < 4.78 is 11.4. The summed E-state index contributed by atoms with van der Waals surface area (Å²) in [5.41, 5.74) is -0.0414. The van der Waals surface area contributed by atoms with Crippen molar-refractivity contribution in [2.24, 2.45) is 5.92 Å². The Labute approximate surface area is 117 Å². The van der Waals surface area contributed by atoms with Crippen molar-refractivity contribution in [2.45, 2.75) is 70.3 Å². The van der Waals surface area contributed by atoms with Crippen LogP contribution in [0.15, 0.2) is 0 Å². The number of carbonyl (C=O) groups is 1. The third-order valence-corrected chi connectivity index (χ3v) is 4.63. The third-order valence-electron chi connectivity index (χ3n) is 4.63. The molecule has 2 saturated heterocycles. The zero-order chi connectivity index (χ0) is 13.6. The zero-order valence-corrected chi connectivity index (χ0v) is 12.3. The molecule has 1 atom stereocenters. The van der Waals surface area contributed by atoms with Gasteiger partial charge in [0.05, 0.1) is 5.60 Å². The van der Waals surface area contributed by atoms with Gasteiger partial charge in [-0.3, -0.25) is 4.79 Å². The van der Waals surface area contributed by atoms with E-state index in [1.807, 2.05) is 0 Å². The van der Waals surface area contributed by atoms with Gasteiger partial charge in [0, 0.05) is 32.2 Å². The predicted octanol–water partition coefficient (Wildman–Crippen LogP) is 3.50. The maximum absolute atomic E-state index is 12.3. The van der Waals surface area contributed by atoms with Crippen molar-refractivity contribution < 1.29 is 14.3 Å². The summed E-state index contributed by atoms with van der Waals surface area (Å²) in [7, 11) is 0. The minimum atomic E-state index is -0.0414. The van der Waals surface area contributed by atoms with Crippen molar-refractivity contribution in [2.75, 3.05) is 19.8 Å². The van der Waals surface area contributed by atoms with E-state index in [1.54, 1.807) is 0 Å². The van der Waals surface area contributed by atoms with Crippen LogP contribution < -0.4 is 0 Å². The molecule has 2 rings (SSSR count). The van der Waals surface area contributed by atoms with Gasteiger partial charge in [-0.1, -0.05) is 26.2 Å². The Morgan fingerprint density at radius 1 is 1.16 bits per heavy atom. The molecule has 1 unspecified atom stereocenters. The van der Waals surface area contributed by atoms with Gasteiger partial charge in [-0.15, -0.1) is 0 Å². The molecule has 3 nitrogen and oxygen atoms in total. The van der Waals surface area contributed by atoms with Gasteiger partial charge >= 0.3 is 0 Å². The number of ether oxygens (including phenoxy) is 2. The van der Waals surface area contributed by atoms with E-state index < -0.39 is 0 Å². The van der Waals surface area contributed by atoms with Crippen LogP contribution in [0.3, 0.4) is 0 Å². The monoisotopic (exact) mass is 268 g/mol. The molecule has 3 heteroatoms. The number of rotatable bonds is 6. The van der Waals surface area contributed by atoms with Crippen LogP contribution in [0.1, 0.15) is 64.7 Å². The molecular weight excluding hydrogens is 240 g/mol. The second-order valence-electron chi connectivity index (χ2n) is 6.11. The molecule has 0 saturated carbocycles. The molecule has 110 valence electrons. The summed E-state index contributed by atoms with van der Waals surface area (Å²) in [6.45, 7) is 4.54. The summed E-state index contributed by atoms with van der Waals surface area (Å²) >= 11 is 0. The highest BCUT2D eigenvalue weighted by Crippen LogP contribution is 2.37. The van der Waals surface area contributed by atoms with E-state index >= 15 is 0 Å². The van der Waals surface area contributed by atoms with E-state index in [-0.39, 0.29) is 11.5 Å². The lowest BCUT2D eigenvalue weighted by molar-refractivity contribution is -0.157. The molecule has 2 aliphatic heterocycles. The standard InChI is InChI=1S/C16H28O3/c1-2-3-4-5-6-15(17)14-7-10-19-16(13-14)8-11-18-12-9-16/h14H,2-13H2,1H3. The van der Waals surface area contributed by atoms with Crippen molar-refractivity contribution in [3.05, 3.63) is 0 Å². The van der Waals surface area contributed by atoms with Crippen molar-refractivity contribution in [3.8, 4) is 0 Å². The van der Waals surface area contributed by atoms with Crippen LogP contribution in [-0.2, 0) is 14.3 Å². The maximum Gasteiger partial charge on any atom is 0.136 e. The van der Waals surface area contributed by atoms with Gasteiger partial charge in [-0.05, 0) is 32.1 Å². The minimum absolute atomic E-state index is 0.0414. The molecule has 2 fully saturated rings. The lowest BCUT2D eigenvalue weighted by Crippen LogP contribution is -2.45. The van der Waals surface area contributed by atoms with Crippen LogP contribution in [0.25, 0.3) is 0 Å². The molecule has 0 bridgehead atoms. The number of unbranched alkanes of at least 4 members (excludes halogenated alkanes) is 3. The Balaban J connectivity index is 1.78. The highest BCUT2D eigenvalue weighted by atomic mass is 16.5. The molecule has 0 aromatic carbocycles. The molecule has 0 radical (unpaired) electrons. The predicted molar refractivity (Wildman–Crippen MR) is 75.2 cm³/mol. The van der Waals surface area contributed by atoms with Crippen molar-refractivity contribution >= 4 is 5.78 Å². The molecular formula is C16H28O3. The van der Waals surface area contributed by atoms with Crippen LogP contribution in [0.5, 0.6) is 0 Å². The van der Waals surface area contributed by atoms with Gasteiger partial charge in [0.25, 0.3) is 0 Å². The first-order valence-corrected chi connectivity index (χ1v) is 8.00. The summed E-state index contributed by atoms with van der Waals surface area (Å²) in [6, 6.07) is 0. The Kier molecular flexibility index (Phi) is 5.83. The number of hydrogen-bond donors (Lipinski definition) is 0. The highest BCUT2D eigenvalue weighted by Gasteiger charge is 2.40. The van der Waals surface area contributed by atoms with Crippen molar-refractivity contribution in [1.82, 2.24) is 0 Å². The maximum atomic E-state index is 12.3. The molecule has 2 heterocycles. The molecule has 0 aromatic rings. The van der Waals surface area contributed by atoms with Crippen LogP contribution in [0.2, 0.25) is 0 Å². The fourth-order valence-corrected chi connectivity index (χ4v) is 3.32. The van der Waals surface area contributed by atoms with E-state index in [0.29, 0.717) is 5.78 Å². The van der Waals surface area contributed by atoms with Gasteiger partial charge in [0.2, 0.25) is 0 Å². The summed E-state index contributed by atoms with van der Waals surface area (Å²) in [5, 5.41) is 0. The lowest BCUT2D eigenvalue weighted by Gasteiger charge is -2.43. The second kappa shape index (κ2) is 7.39. The van der Waals surface area contributed by atoms with E-state index in [1.165, 1.54) is 19.3 Å². The normalized spacial score (nSPS) is 26.5. The topological polar surface area (TPSA) is 35.5 Å². The lowest BCUT2D eigenvalue weighted by atomic mass is 9.78. The van der Waals surface area contributed by atoms with E-state index in [2.05, 4.69) is 6.92 Å². The Morgan fingerprint density at radius 3 is 2.68 bits per heavy atom. The summed E-state index contributed by atoms with van der Waals surface area (Å²) in [6.07, 6.45) is 9.32. The molecule has 2 aliphatic rings. The van der Waals surface area contributed by atoms with Crippen LogP contribution in [0, 0.1) is 5.92 Å². The second-order valence-corrected chi connectivity index (χ2v) is 6.11. The molecule has 1 spiro atoms. The number of carbonyl (C=O) groups excluding carboxylic acids is 1. The number of ketones is 1. The van der Waals surface area contributed by atoms with Gasteiger partial charge in [-0.25, -0.2) is 0 Å². The van der Waals surface area contributed by atoms with Crippen molar-refractivity contribution in [3.63, 3.8) is 0 Å². The van der Waals surface area contributed by atoms with E-state index in [0.717, 1.165) is 58.3 Å². The van der Waals surface area contributed by atoms with Crippen LogP contribution >= 0.6 is 0 Å². The van der Waals surface area contributed by atoms with Gasteiger partial charge in [-0.2, -0.15) is 0 Å². The number of hydrogen-bond acceptors (Lipinski definition) is 3. The van der Waals surface area contributed by atoms with E-state index in [4.69, 9.17) is 9.47 Å². The van der Waals surface area contributed by atoms with E-state index in [9.17, 15) is 4.79 Å². The third kappa shape index (κ3) is 4.28. The highest BCUT2D eigenvalue weighted by molar-refractivity contribution is 5.81. The Hall–Kier alpha value is -0.410. The van der Waals surface area contributed by atoms with Gasteiger partial charge in [0.15, 0.2) is 0 Å². The summed E-state index contributed by atoms with van der Waals surface area (Å²) in [5.74, 6) is 0.721. The van der Waals surface area contributed by atoms with Crippen LogP contribution in [-0.4, -0.2) is 31.2 Å². The minimum Gasteiger partial charge on any atom is -0.381 e. The Morgan fingerprint density at radius 2 is 1.95 bits per heavy atom. The van der Waals surface area contributed by atoms with Gasteiger partial charge in [0.1, 0.15) is 5.78 Å². The first-order chi connectivity index (χ1) is 9.26. The van der Waals surface area contributed by atoms with Crippen molar-refractivity contribution in [1.29, 1.82) is 0 Å². The molecule has 19 heavy (non-hydrogen) atoms.